The molecule has 3 heterocycles. The summed E-state index contributed by atoms with van der Waals surface area (Å²) in [6, 6.07) is 6.43. The third-order valence-electron chi connectivity index (χ3n) is 5.49. The third-order valence-corrected chi connectivity index (χ3v) is 5.85. The number of piperazine rings is 1. The van der Waals surface area contributed by atoms with Crippen LogP contribution in [0.1, 0.15) is 34.6 Å². The van der Waals surface area contributed by atoms with Crippen LogP contribution >= 0.6 is 11.6 Å². The van der Waals surface area contributed by atoms with E-state index in [2.05, 4.69) is 15.3 Å². The second kappa shape index (κ2) is 7.53. The number of hydrogen-bond acceptors (Lipinski definition) is 4. The topological polar surface area (TPSA) is 53.4 Å². The van der Waals surface area contributed by atoms with Gasteiger partial charge in [-0.05, 0) is 12.6 Å². The van der Waals surface area contributed by atoms with Crippen molar-refractivity contribution in [3.05, 3.63) is 46.6 Å². The van der Waals surface area contributed by atoms with Crippen molar-refractivity contribution in [2.24, 2.45) is 0 Å². The number of halogens is 4. The van der Waals surface area contributed by atoms with E-state index in [-0.39, 0.29) is 23.0 Å². The molecular formula is C19H21ClF3N5O. The van der Waals surface area contributed by atoms with Gasteiger partial charge in [-0.25, -0.2) is 4.68 Å². The maximum absolute atomic E-state index is 13.8. The largest absolute Gasteiger partial charge is 0.410 e. The summed E-state index contributed by atoms with van der Waals surface area (Å²) in [6.07, 6.45) is -4.76. The molecule has 2 aliphatic rings. The van der Waals surface area contributed by atoms with Crippen molar-refractivity contribution in [1.29, 1.82) is 0 Å². The van der Waals surface area contributed by atoms with Gasteiger partial charge in [0.2, 0.25) is 0 Å². The van der Waals surface area contributed by atoms with Gasteiger partial charge >= 0.3 is 6.18 Å². The summed E-state index contributed by atoms with van der Waals surface area (Å²) < 4.78 is 42.3. The molecule has 0 unspecified atom stereocenters. The Bertz CT molecular complexity index is 893. The first kappa shape index (κ1) is 20.0. The van der Waals surface area contributed by atoms with E-state index in [1.165, 1.54) is 0 Å². The van der Waals surface area contributed by atoms with Gasteiger partial charge in [0.1, 0.15) is 10.8 Å². The van der Waals surface area contributed by atoms with Crippen LogP contribution in [0, 0.1) is 0 Å². The number of nitrogens with one attached hydrogen (secondary N) is 1. The van der Waals surface area contributed by atoms with Gasteiger partial charge in [-0.2, -0.15) is 18.3 Å². The summed E-state index contributed by atoms with van der Waals surface area (Å²) in [5, 5.41) is 7.01. The molecule has 1 aromatic carbocycles. The molecule has 1 fully saturated rings. The summed E-state index contributed by atoms with van der Waals surface area (Å²) in [5.74, 6) is -0.407. The Morgan fingerprint density at radius 2 is 1.83 bits per heavy atom. The Balaban J connectivity index is 1.69. The van der Waals surface area contributed by atoms with E-state index in [1.54, 1.807) is 35.2 Å². The highest BCUT2D eigenvalue weighted by atomic mass is 35.5. The van der Waals surface area contributed by atoms with Crippen molar-refractivity contribution in [2.75, 3.05) is 38.5 Å². The van der Waals surface area contributed by atoms with Crippen molar-refractivity contribution >= 4 is 23.3 Å². The number of anilines is 1. The molecule has 1 N–H and O–H groups in total. The first-order valence-corrected chi connectivity index (χ1v) is 9.77. The number of fused-ring (bicyclic) bond motifs is 1. The molecule has 0 bridgehead atoms. The summed E-state index contributed by atoms with van der Waals surface area (Å²) in [6.45, 7) is 2.35. The van der Waals surface area contributed by atoms with Crippen LogP contribution in [0.25, 0.3) is 0 Å². The van der Waals surface area contributed by atoms with Gasteiger partial charge in [0.15, 0.2) is 11.7 Å². The number of hydrogen-bond donors (Lipinski definition) is 1. The van der Waals surface area contributed by atoms with Crippen LogP contribution < -0.4 is 5.32 Å². The van der Waals surface area contributed by atoms with Crippen molar-refractivity contribution in [2.45, 2.75) is 24.7 Å². The van der Waals surface area contributed by atoms with E-state index in [0.29, 0.717) is 26.2 Å². The molecule has 1 saturated heterocycles. The normalized spacial score (nSPS) is 22.9. The highest BCUT2D eigenvalue weighted by molar-refractivity contribution is 6.36. The molecule has 0 aliphatic carbocycles. The number of amides is 1. The molecule has 10 heteroatoms. The average molecular weight is 428 g/mol. The van der Waals surface area contributed by atoms with Crippen LogP contribution in [-0.2, 0) is 0 Å². The second-order valence-electron chi connectivity index (χ2n) is 7.45. The SMILES string of the molecule is CN1CCN(C(=O)c2nn3c(c2Cl)N[C@@H](c2ccccc2)C[C@@H]3C(F)(F)F)CC1. The van der Waals surface area contributed by atoms with Gasteiger partial charge in [0.25, 0.3) is 5.91 Å². The quantitative estimate of drug-likeness (QED) is 0.796. The zero-order valence-electron chi connectivity index (χ0n) is 15.8. The van der Waals surface area contributed by atoms with Gasteiger partial charge in [-0.3, -0.25) is 4.79 Å². The lowest BCUT2D eigenvalue weighted by atomic mass is 9.97. The second-order valence-corrected chi connectivity index (χ2v) is 7.83. The minimum atomic E-state index is -4.52. The number of carbonyl (C=O) groups is 1. The van der Waals surface area contributed by atoms with Crippen molar-refractivity contribution in [3.8, 4) is 0 Å². The number of rotatable bonds is 2. The van der Waals surface area contributed by atoms with Crippen LogP contribution in [-0.4, -0.2) is 64.9 Å². The van der Waals surface area contributed by atoms with Crippen molar-refractivity contribution in [1.82, 2.24) is 19.6 Å². The Labute approximate surface area is 171 Å². The summed E-state index contributed by atoms with van der Waals surface area (Å²) in [5.41, 5.74) is 0.582. The number of likely N-dealkylation sites (N-methyl/N-ethyl adjacent to an activating group) is 1. The van der Waals surface area contributed by atoms with Crippen LogP contribution in [0.4, 0.5) is 19.0 Å². The zero-order valence-corrected chi connectivity index (χ0v) is 16.5. The molecule has 4 rings (SSSR count). The van der Waals surface area contributed by atoms with Crippen LogP contribution in [0.3, 0.4) is 0 Å². The lowest BCUT2D eigenvalue weighted by Crippen LogP contribution is -2.47. The van der Waals surface area contributed by atoms with E-state index in [9.17, 15) is 18.0 Å². The molecule has 2 aliphatic heterocycles. The lowest BCUT2D eigenvalue weighted by molar-refractivity contribution is -0.173. The van der Waals surface area contributed by atoms with Gasteiger partial charge in [-0.1, -0.05) is 41.9 Å². The molecule has 0 spiro atoms. The summed E-state index contributed by atoms with van der Waals surface area (Å²) in [4.78, 5) is 16.6. The number of alkyl halides is 3. The van der Waals surface area contributed by atoms with Crippen LogP contribution in [0.5, 0.6) is 0 Å². The molecule has 6 nitrogen and oxygen atoms in total. The summed E-state index contributed by atoms with van der Waals surface area (Å²) >= 11 is 6.38. The highest BCUT2D eigenvalue weighted by Crippen LogP contribution is 2.46. The molecule has 0 radical (unpaired) electrons. The number of benzene rings is 1. The predicted octanol–water partition coefficient (Wildman–Crippen LogP) is 3.58. The molecular weight excluding hydrogens is 407 g/mol. The Hall–Kier alpha value is -2.26. The van der Waals surface area contributed by atoms with Gasteiger partial charge < -0.3 is 15.1 Å². The number of carbonyl (C=O) groups excluding carboxylic acids is 1. The molecule has 156 valence electrons. The van der Waals surface area contributed by atoms with Gasteiger partial charge in [-0.15, -0.1) is 0 Å². The fourth-order valence-electron chi connectivity index (χ4n) is 3.79. The lowest BCUT2D eigenvalue weighted by Gasteiger charge is -2.33. The van der Waals surface area contributed by atoms with Crippen molar-refractivity contribution < 1.29 is 18.0 Å². The number of nitrogens with zero attached hydrogens (tertiary/aromatic N) is 4. The van der Waals surface area contributed by atoms with E-state index in [0.717, 1.165) is 10.2 Å². The van der Waals surface area contributed by atoms with Crippen LogP contribution in [0.15, 0.2) is 30.3 Å². The minimum Gasteiger partial charge on any atom is -0.362 e. The van der Waals surface area contributed by atoms with E-state index in [4.69, 9.17) is 11.6 Å². The first-order valence-electron chi connectivity index (χ1n) is 9.39. The third kappa shape index (κ3) is 3.81. The van der Waals surface area contributed by atoms with E-state index in [1.807, 2.05) is 7.05 Å². The Morgan fingerprint density at radius 3 is 2.45 bits per heavy atom. The Morgan fingerprint density at radius 1 is 1.17 bits per heavy atom. The van der Waals surface area contributed by atoms with E-state index < -0.39 is 24.2 Å². The molecule has 1 amide bonds. The van der Waals surface area contributed by atoms with Crippen molar-refractivity contribution in [3.63, 3.8) is 0 Å². The first-order chi connectivity index (χ1) is 13.8. The highest BCUT2D eigenvalue weighted by Gasteiger charge is 2.48. The smallest absolute Gasteiger partial charge is 0.362 e. The Kier molecular flexibility index (Phi) is 5.20. The maximum atomic E-state index is 13.8. The fourth-order valence-corrected chi connectivity index (χ4v) is 4.05. The molecule has 29 heavy (non-hydrogen) atoms. The predicted molar refractivity (Wildman–Crippen MR) is 103 cm³/mol. The van der Waals surface area contributed by atoms with Crippen LogP contribution in [0.2, 0.25) is 5.02 Å². The number of aromatic nitrogens is 2. The molecule has 0 saturated carbocycles. The fraction of sp³-hybridized carbons (Fsp3) is 0.474. The monoisotopic (exact) mass is 427 g/mol. The molecule has 1 aromatic heterocycles. The van der Waals surface area contributed by atoms with Gasteiger partial charge in [0.05, 0.1) is 6.04 Å². The van der Waals surface area contributed by atoms with Gasteiger partial charge in [0, 0.05) is 32.6 Å². The maximum Gasteiger partial charge on any atom is 0.410 e. The molecule has 2 aromatic rings. The standard InChI is InChI=1S/C19H21ClF3N5O/c1-26-7-9-27(10-8-26)18(29)16-15(20)17-24-13(12-5-3-2-4-6-12)11-14(19(21,22)23)28(17)25-16/h2-6,13-14,24H,7-11H2,1H3/t13-,14-/m1/s1. The summed E-state index contributed by atoms with van der Waals surface area (Å²) in [7, 11) is 1.95. The molecule has 2 atom stereocenters. The van der Waals surface area contributed by atoms with E-state index >= 15 is 0 Å². The average Bonchev–Trinajstić information content (AvgIpc) is 3.04. The minimum absolute atomic E-state index is 0.0339. The zero-order chi connectivity index (χ0) is 20.8.